The first-order valence-electron chi connectivity index (χ1n) is 10.7. The van der Waals surface area contributed by atoms with Crippen LogP contribution in [0.25, 0.3) is 27.0 Å². The van der Waals surface area contributed by atoms with Crippen LogP contribution in [0.1, 0.15) is 26.2 Å². The third-order valence-corrected chi connectivity index (χ3v) is 7.81. The van der Waals surface area contributed by atoms with E-state index < -0.39 is 0 Å². The molecule has 0 radical (unpaired) electrons. The Balaban J connectivity index is 1.78. The summed E-state index contributed by atoms with van der Waals surface area (Å²) >= 11 is 13.4. The molecule has 2 aromatic carbocycles. The average molecular weight is 484 g/mol. The van der Waals surface area contributed by atoms with E-state index in [1.807, 2.05) is 51.8 Å². The van der Waals surface area contributed by atoms with Gasteiger partial charge >= 0.3 is 0 Å². The molecule has 5 nitrogen and oxygen atoms in total. The number of thiazole rings is 1. The smallest absolute Gasteiger partial charge is 0.262 e. The Morgan fingerprint density at radius 3 is 2.78 bits per heavy atom. The molecule has 1 fully saturated rings. The number of benzene rings is 2. The molecule has 0 bridgehead atoms. The van der Waals surface area contributed by atoms with Crippen LogP contribution in [-0.4, -0.2) is 32.4 Å². The number of hydrogen-bond donors (Lipinski definition) is 0. The van der Waals surface area contributed by atoms with Gasteiger partial charge in [-0.15, -0.1) is 11.3 Å². The van der Waals surface area contributed by atoms with Crippen LogP contribution in [0, 0.1) is 3.95 Å². The van der Waals surface area contributed by atoms with Gasteiger partial charge in [-0.2, -0.15) is 0 Å². The van der Waals surface area contributed by atoms with Crippen molar-refractivity contribution in [3.8, 4) is 10.4 Å². The van der Waals surface area contributed by atoms with E-state index in [1.54, 1.807) is 10.6 Å². The number of para-hydroxylation sites is 1. The zero-order valence-electron chi connectivity index (χ0n) is 17.6. The first kappa shape index (κ1) is 21.4. The summed E-state index contributed by atoms with van der Waals surface area (Å²) in [6.45, 7) is 2.79. The molecule has 5 rings (SSSR count). The maximum absolute atomic E-state index is 13.6. The number of aromatic nitrogens is 2. The van der Waals surface area contributed by atoms with E-state index in [-0.39, 0.29) is 24.1 Å². The summed E-state index contributed by atoms with van der Waals surface area (Å²) < 4.78 is 4.13. The Morgan fingerprint density at radius 2 is 2.00 bits per heavy atom. The molecule has 0 saturated carbocycles. The van der Waals surface area contributed by atoms with E-state index in [4.69, 9.17) is 23.8 Å². The number of carbonyl (C=O) groups is 1. The third kappa shape index (κ3) is 3.58. The molecular formula is C24H22ClN3O2S2. The molecule has 1 unspecified atom stereocenters. The van der Waals surface area contributed by atoms with Crippen molar-refractivity contribution in [2.45, 2.75) is 38.8 Å². The lowest BCUT2D eigenvalue weighted by Crippen LogP contribution is -2.44. The number of hydrogen-bond acceptors (Lipinski definition) is 4. The second kappa shape index (κ2) is 8.46. The van der Waals surface area contributed by atoms with Crippen molar-refractivity contribution in [3.05, 3.63) is 67.9 Å². The molecule has 1 amide bonds. The standard InChI is InChI=1S/C24H22ClN3O2S2/c1-15-7-4-5-12-26(15)20(29)14-27-22-21(16-8-6-9-17(25)13-16)32-24(31)28(22)19-11-3-2-10-18(19)23(27)30/h2-3,6,8-11,13,15H,4-5,7,12,14H2,1H3. The van der Waals surface area contributed by atoms with Crippen LogP contribution in [0.15, 0.2) is 53.3 Å². The van der Waals surface area contributed by atoms with Gasteiger partial charge in [0.2, 0.25) is 5.91 Å². The predicted molar refractivity (Wildman–Crippen MR) is 133 cm³/mol. The minimum absolute atomic E-state index is 0.0173. The lowest BCUT2D eigenvalue weighted by Gasteiger charge is -2.33. The van der Waals surface area contributed by atoms with Crippen LogP contribution in [0.5, 0.6) is 0 Å². The summed E-state index contributed by atoms with van der Waals surface area (Å²) in [5, 5.41) is 1.15. The van der Waals surface area contributed by atoms with Crippen LogP contribution in [-0.2, 0) is 11.3 Å². The van der Waals surface area contributed by atoms with Gasteiger partial charge in [0.25, 0.3) is 5.56 Å². The number of carbonyl (C=O) groups excluding carboxylic acids is 1. The van der Waals surface area contributed by atoms with E-state index in [2.05, 4.69) is 6.92 Å². The minimum atomic E-state index is -0.185. The summed E-state index contributed by atoms with van der Waals surface area (Å²) in [5.74, 6) is -0.0364. The number of piperidine rings is 1. The Kier molecular flexibility index (Phi) is 5.65. The van der Waals surface area contributed by atoms with Crippen molar-refractivity contribution < 1.29 is 4.79 Å². The van der Waals surface area contributed by atoms with Crippen molar-refractivity contribution >= 4 is 57.6 Å². The molecule has 2 aromatic heterocycles. The van der Waals surface area contributed by atoms with Gasteiger partial charge in [-0.1, -0.05) is 35.9 Å². The zero-order chi connectivity index (χ0) is 22.4. The van der Waals surface area contributed by atoms with Gasteiger partial charge in [0.05, 0.1) is 15.8 Å². The Hall–Kier alpha value is -2.48. The summed E-state index contributed by atoms with van der Waals surface area (Å²) in [7, 11) is 0. The van der Waals surface area contributed by atoms with Crippen LogP contribution >= 0.6 is 35.2 Å². The maximum atomic E-state index is 13.6. The van der Waals surface area contributed by atoms with Gasteiger partial charge in [-0.05, 0) is 68.2 Å². The third-order valence-electron chi connectivity index (χ3n) is 6.17. The van der Waals surface area contributed by atoms with Gasteiger partial charge in [0, 0.05) is 17.6 Å². The molecule has 0 spiro atoms. The summed E-state index contributed by atoms with van der Waals surface area (Å²) in [6.07, 6.45) is 3.12. The van der Waals surface area contributed by atoms with E-state index in [0.29, 0.717) is 20.0 Å². The normalized spacial score (nSPS) is 16.7. The highest BCUT2D eigenvalue weighted by molar-refractivity contribution is 7.73. The van der Waals surface area contributed by atoms with E-state index >= 15 is 0 Å². The van der Waals surface area contributed by atoms with Gasteiger partial charge in [0.15, 0.2) is 3.95 Å². The topological polar surface area (TPSA) is 46.7 Å². The van der Waals surface area contributed by atoms with Gasteiger partial charge in [0.1, 0.15) is 12.2 Å². The number of halogens is 1. The van der Waals surface area contributed by atoms with Crippen molar-refractivity contribution in [3.63, 3.8) is 0 Å². The summed E-state index contributed by atoms with van der Waals surface area (Å²) in [4.78, 5) is 29.7. The molecule has 1 saturated heterocycles. The highest BCUT2D eigenvalue weighted by Gasteiger charge is 2.26. The highest BCUT2D eigenvalue weighted by atomic mass is 35.5. The van der Waals surface area contributed by atoms with Crippen LogP contribution in [0.3, 0.4) is 0 Å². The SMILES string of the molecule is CC1CCCCN1C(=O)Cn1c(=O)c2ccccc2n2c(=S)sc(-c3cccc(Cl)c3)c12. The van der Waals surface area contributed by atoms with Gasteiger partial charge in [-0.3, -0.25) is 18.6 Å². The molecule has 0 N–H and O–H groups in total. The van der Waals surface area contributed by atoms with Crippen molar-refractivity contribution in [2.75, 3.05) is 6.54 Å². The second-order valence-electron chi connectivity index (χ2n) is 8.21. The van der Waals surface area contributed by atoms with Gasteiger partial charge in [-0.25, -0.2) is 0 Å². The van der Waals surface area contributed by atoms with Crippen LogP contribution in [0.2, 0.25) is 5.02 Å². The molecule has 164 valence electrons. The fourth-order valence-corrected chi connectivity index (χ4v) is 6.19. The van der Waals surface area contributed by atoms with E-state index in [1.165, 1.54) is 11.3 Å². The average Bonchev–Trinajstić information content (AvgIpc) is 3.14. The fraction of sp³-hybridized carbons (Fsp3) is 0.292. The second-order valence-corrected chi connectivity index (χ2v) is 10.3. The first-order valence-corrected chi connectivity index (χ1v) is 12.3. The van der Waals surface area contributed by atoms with E-state index in [9.17, 15) is 9.59 Å². The molecule has 1 aliphatic heterocycles. The number of rotatable bonds is 3. The Labute approximate surface area is 199 Å². The molecule has 4 aromatic rings. The molecule has 32 heavy (non-hydrogen) atoms. The Morgan fingerprint density at radius 1 is 1.19 bits per heavy atom. The fourth-order valence-electron chi connectivity index (χ4n) is 4.57. The quantitative estimate of drug-likeness (QED) is 0.348. The summed E-state index contributed by atoms with van der Waals surface area (Å²) in [6, 6.07) is 15.1. The molecule has 1 atom stereocenters. The lowest BCUT2D eigenvalue weighted by atomic mass is 10.0. The first-order chi connectivity index (χ1) is 15.5. The Bertz CT molecular complexity index is 1470. The van der Waals surface area contributed by atoms with Crippen molar-refractivity contribution in [1.82, 2.24) is 13.9 Å². The zero-order valence-corrected chi connectivity index (χ0v) is 20.0. The number of fused-ring (bicyclic) bond motifs is 3. The monoisotopic (exact) mass is 483 g/mol. The van der Waals surface area contributed by atoms with Crippen molar-refractivity contribution in [1.29, 1.82) is 0 Å². The summed E-state index contributed by atoms with van der Waals surface area (Å²) in [5.41, 5.74) is 2.08. The van der Waals surface area contributed by atoms with Gasteiger partial charge < -0.3 is 4.90 Å². The number of amides is 1. The predicted octanol–water partition coefficient (Wildman–Crippen LogP) is 5.77. The molecule has 8 heteroatoms. The number of likely N-dealkylation sites (tertiary alicyclic amines) is 1. The number of nitrogens with zero attached hydrogens (tertiary/aromatic N) is 3. The molecular weight excluding hydrogens is 462 g/mol. The molecule has 0 aliphatic carbocycles. The largest absolute Gasteiger partial charge is 0.338 e. The van der Waals surface area contributed by atoms with Crippen LogP contribution < -0.4 is 5.56 Å². The van der Waals surface area contributed by atoms with Crippen molar-refractivity contribution in [2.24, 2.45) is 0 Å². The molecule has 3 heterocycles. The molecule has 1 aliphatic rings. The minimum Gasteiger partial charge on any atom is -0.338 e. The highest BCUT2D eigenvalue weighted by Crippen LogP contribution is 2.34. The maximum Gasteiger partial charge on any atom is 0.262 e. The van der Waals surface area contributed by atoms with E-state index in [0.717, 1.165) is 41.8 Å². The van der Waals surface area contributed by atoms with Crippen LogP contribution in [0.4, 0.5) is 0 Å². The lowest BCUT2D eigenvalue weighted by molar-refractivity contribution is -0.135.